The summed E-state index contributed by atoms with van der Waals surface area (Å²) < 4.78 is 118. The summed E-state index contributed by atoms with van der Waals surface area (Å²) in [6.45, 7) is 1.76. The average Bonchev–Trinajstić information content (AvgIpc) is 2.81. The molecule has 1 aromatic heterocycles. The Kier molecular flexibility index (Phi) is 6.40. The molecule has 0 spiro atoms. The standard InChI is InChI=1S/C25H15F8NO/c1-2-3-12-4-5-13-8-16(22(29)24(31)20(13)21(12)28)25(32,33)35-15-6-7-19(34-11-15)14-9-17(26)23(30)18(27)10-14/h4-11H,2-3H2,1H3. The highest BCUT2D eigenvalue weighted by atomic mass is 19.3. The van der Waals surface area contributed by atoms with Crippen molar-refractivity contribution in [1.82, 2.24) is 4.98 Å². The number of nitrogens with zero attached hydrogens (tertiary/aromatic N) is 1. The van der Waals surface area contributed by atoms with Crippen molar-refractivity contribution in [1.29, 1.82) is 0 Å². The molecule has 0 amide bonds. The van der Waals surface area contributed by atoms with Crippen molar-refractivity contribution in [2.75, 3.05) is 0 Å². The molecule has 0 fully saturated rings. The highest BCUT2D eigenvalue weighted by molar-refractivity contribution is 5.85. The van der Waals surface area contributed by atoms with E-state index in [1.807, 2.05) is 0 Å². The van der Waals surface area contributed by atoms with Gasteiger partial charge in [-0.15, -0.1) is 0 Å². The fraction of sp³-hybridized carbons (Fsp3) is 0.160. The van der Waals surface area contributed by atoms with Crippen LogP contribution in [0.5, 0.6) is 5.75 Å². The number of alkyl halides is 2. The first-order chi connectivity index (χ1) is 16.5. The quantitative estimate of drug-likeness (QED) is 0.200. The van der Waals surface area contributed by atoms with Gasteiger partial charge in [0.2, 0.25) is 0 Å². The van der Waals surface area contributed by atoms with Gasteiger partial charge in [-0.05, 0) is 47.7 Å². The molecule has 0 saturated carbocycles. The van der Waals surface area contributed by atoms with Gasteiger partial charge in [-0.1, -0.05) is 25.5 Å². The van der Waals surface area contributed by atoms with Crippen LogP contribution >= 0.6 is 0 Å². The minimum absolute atomic E-state index is 0.0974. The van der Waals surface area contributed by atoms with E-state index in [1.54, 1.807) is 6.92 Å². The molecule has 4 aromatic rings. The molecular weight excluding hydrogens is 482 g/mol. The first kappa shape index (κ1) is 24.4. The molecule has 0 bridgehead atoms. The third-order valence-corrected chi connectivity index (χ3v) is 5.30. The number of rotatable bonds is 6. The van der Waals surface area contributed by atoms with Crippen molar-refractivity contribution in [3.05, 3.63) is 94.7 Å². The Hall–Kier alpha value is -3.69. The third kappa shape index (κ3) is 4.52. The lowest BCUT2D eigenvalue weighted by atomic mass is 9.99. The molecule has 182 valence electrons. The molecule has 35 heavy (non-hydrogen) atoms. The van der Waals surface area contributed by atoms with Gasteiger partial charge in [-0.3, -0.25) is 4.98 Å². The highest BCUT2D eigenvalue weighted by Gasteiger charge is 2.40. The molecular formula is C25H15F8NO. The molecule has 2 nitrogen and oxygen atoms in total. The number of hydrogen-bond acceptors (Lipinski definition) is 2. The van der Waals surface area contributed by atoms with Crippen molar-refractivity contribution >= 4 is 10.8 Å². The maximum absolute atomic E-state index is 14.8. The van der Waals surface area contributed by atoms with E-state index in [-0.39, 0.29) is 28.6 Å². The molecule has 10 heteroatoms. The molecule has 0 atom stereocenters. The van der Waals surface area contributed by atoms with Crippen molar-refractivity contribution in [2.24, 2.45) is 0 Å². The normalized spacial score (nSPS) is 11.8. The summed E-state index contributed by atoms with van der Waals surface area (Å²) in [7, 11) is 0. The highest BCUT2D eigenvalue weighted by Crippen LogP contribution is 2.38. The van der Waals surface area contributed by atoms with E-state index in [4.69, 9.17) is 0 Å². The van der Waals surface area contributed by atoms with Crippen LogP contribution in [0.2, 0.25) is 0 Å². The SMILES string of the molecule is CCCc1ccc2cc(C(F)(F)Oc3ccc(-c4cc(F)c(F)c(F)c4)nc3)c(F)c(F)c2c1F. The summed E-state index contributed by atoms with van der Waals surface area (Å²) in [5.41, 5.74) is -1.61. The molecule has 0 radical (unpaired) electrons. The average molecular weight is 497 g/mol. The Balaban J connectivity index is 1.67. The molecule has 0 unspecified atom stereocenters. The van der Waals surface area contributed by atoms with E-state index in [2.05, 4.69) is 9.72 Å². The number of ether oxygens (including phenoxy) is 1. The largest absolute Gasteiger partial charge is 0.429 e. The van der Waals surface area contributed by atoms with E-state index in [1.165, 1.54) is 12.1 Å². The molecule has 0 aliphatic heterocycles. The third-order valence-electron chi connectivity index (χ3n) is 5.30. The van der Waals surface area contributed by atoms with Crippen LogP contribution in [0.3, 0.4) is 0 Å². The summed E-state index contributed by atoms with van der Waals surface area (Å²) >= 11 is 0. The predicted molar refractivity (Wildman–Crippen MR) is 112 cm³/mol. The second-order valence-electron chi connectivity index (χ2n) is 7.69. The monoisotopic (exact) mass is 497 g/mol. The number of pyridine rings is 1. The van der Waals surface area contributed by atoms with Gasteiger partial charge in [0.25, 0.3) is 0 Å². The van der Waals surface area contributed by atoms with Crippen LogP contribution < -0.4 is 4.74 Å². The van der Waals surface area contributed by atoms with Crippen LogP contribution in [0.15, 0.2) is 48.7 Å². The van der Waals surface area contributed by atoms with Gasteiger partial charge in [0.15, 0.2) is 29.1 Å². The van der Waals surface area contributed by atoms with Crippen molar-refractivity contribution < 1.29 is 39.9 Å². The van der Waals surface area contributed by atoms with E-state index >= 15 is 0 Å². The smallest absolute Gasteiger partial charge is 0.427 e. The molecule has 0 saturated heterocycles. The maximum atomic E-state index is 14.8. The maximum Gasteiger partial charge on any atom is 0.429 e. The number of hydrogen-bond donors (Lipinski definition) is 0. The summed E-state index contributed by atoms with van der Waals surface area (Å²) in [6.07, 6.45) is -2.85. The number of fused-ring (bicyclic) bond motifs is 1. The van der Waals surface area contributed by atoms with Crippen LogP contribution in [0.25, 0.3) is 22.0 Å². The van der Waals surface area contributed by atoms with E-state index in [9.17, 15) is 35.1 Å². The van der Waals surface area contributed by atoms with Gasteiger partial charge in [-0.2, -0.15) is 8.78 Å². The molecule has 1 heterocycles. The number of halogens is 8. The van der Waals surface area contributed by atoms with Gasteiger partial charge >= 0.3 is 6.11 Å². The lowest BCUT2D eigenvalue weighted by Crippen LogP contribution is -2.24. The lowest BCUT2D eigenvalue weighted by Gasteiger charge is -2.20. The van der Waals surface area contributed by atoms with Crippen LogP contribution in [-0.4, -0.2) is 4.98 Å². The second-order valence-corrected chi connectivity index (χ2v) is 7.69. The molecule has 4 rings (SSSR count). The number of aromatic nitrogens is 1. The first-order valence-corrected chi connectivity index (χ1v) is 10.3. The molecule has 0 N–H and O–H groups in total. The van der Waals surface area contributed by atoms with Crippen LogP contribution in [0.1, 0.15) is 24.5 Å². The fourth-order valence-corrected chi connectivity index (χ4v) is 3.62. The van der Waals surface area contributed by atoms with Crippen molar-refractivity contribution in [3.8, 4) is 17.0 Å². The molecule has 0 aliphatic rings. The second kappa shape index (κ2) is 9.16. The zero-order valence-electron chi connectivity index (χ0n) is 17.9. The van der Waals surface area contributed by atoms with Crippen LogP contribution in [0.4, 0.5) is 35.1 Å². The van der Waals surface area contributed by atoms with E-state index < -0.39 is 57.7 Å². The Morgan fingerprint density at radius 1 is 0.800 bits per heavy atom. The van der Waals surface area contributed by atoms with Gasteiger partial charge in [0.1, 0.15) is 17.1 Å². The number of aryl methyl sites for hydroxylation is 1. The zero-order chi connectivity index (χ0) is 25.5. The lowest BCUT2D eigenvalue weighted by molar-refractivity contribution is -0.187. The zero-order valence-corrected chi connectivity index (χ0v) is 17.9. The molecule has 0 aliphatic carbocycles. The van der Waals surface area contributed by atoms with E-state index in [0.29, 0.717) is 24.6 Å². The Labute approximate surface area is 193 Å². The van der Waals surface area contributed by atoms with Gasteiger partial charge < -0.3 is 4.74 Å². The Bertz CT molecular complexity index is 1400. The Morgan fingerprint density at radius 2 is 1.49 bits per heavy atom. The summed E-state index contributed by atoms with van der Waals surface area (Å²) in [5.74, 6) is -9.99. The number of benzene rings is 3. The summed E-state index contributed by atoms with van der Waals surface area (Å²) in [5, 5.41) is -1.02. The van der Waals surface area contributed by atoms with Gasteiger partial charge in [0.05, 0.1) is 17.3 Å². The summed E-state index contributed by atoms with van der Waals surface area (Å²) in [6, 6.07) is 6.44. The topological polar surface area (TPSA) is 22.1 Å². The Morgan fingerprint density at radius 3 is 2.09 bits per heavy atom. The van der Waals surface area contributed by atoms with Crippen molar-refractivity contribution in [2.45, 2.75) is 25.9 Å². The molecule has 3 aromatic carbocycles. The van der Waals surface area contributed by atoms with Gasteiger partial charge in [0, 0.05) is 5.56 Å². The predicted octanol–water partition coefficient (Wildman–Crippen LogP) is 7.82. The van der Waals surface area contributed by atoms with Crippen LogP contribution in [0, 0.1) is 34.9 Å². The minimum Gasteiger partial charge on any atom is -0.427 e. The minimum atomic E-state index is -4.39. The van der Waals surface area contributed by atoms with Gasteiger partial charge in [-0.25, -0.2) is 26.3 Å². The van der Waals surface area contributed by atoms with E-state index in [0.717, 1.165) is 18.3 Å². The first-order valence-electron chi connectivity index (χ1n) is 10.3. The fourth-order valence-electron chi connectivity index (χ4n) is 3.62. The summed E-state index contributed by atoms with van der Waals surface area (Å²) in [4.78, 5) is 3.74. The van der Waals surface area contributed by atoms with Crippen LogP contribution in [-0.2, 0) is 12.5 Å². The van der Waals surface area contributed by atoms with Crippen molar-refractivity contribution in [3.63, 3.8) is 0 Å².